The van der Waals surface area contributed by atoms with Crippen LogP contribution >= 0.6 is 0 Å². The fourth-order valence-electron chi connectivity index (χ4n) is 3.82. The molecule has 156 valence electrons. The second kappa shape index (κ2) is 13.4. The molecule has 1 fully saturated rings. The quantitative estimate of drug-likeness (QED) is 0.221. The van der Waals surface area contributed by atoms with Gasteiger partial charge in [0.05, 0.1) is 12.2 Å². The molecule has 1 aromatic rings. The molecule has 1 aromatic carbocycles. The van der Waals surface area contributed by atoms with Crippen molar-refractivity contribution in [3.63, 3.8) is 0 Å². The van der Waals surface area contributed by atoms with E-state index in [9.17, 15) is 4.79 Å². The molecular formula is C25H38O3. The van der Waals surface area contributed by atoms with Crippen molar-refractivity contribution in [3.05, 3.63) is 42.0 Å². The summed E-state index contributed by atoms with van der Waals surface area (Å²) in [5.41, 5.74) is 0.578. The molecule has 0 saturated heterocycles. The van der Waals surface area contributed by atoms with Crippen molar-refractivity contribution in [2.45, 2.75) is 78.1 Å². The van der Waals surface area contributed by atoms with Crippen molar-refractivity contribution < 1.29 is 14.3 Å². The lowest BCUT2D eigenvalue weighted by atomic mass is 9.79. The third-order valence-corrected chi connectivity index (χ3v) is 5.68. The van der Waals surface area contributed by atoms with Crippen LogP contribution in [0.1, 0.15) is 88.4 Å². The van der Waals surface area contributed by atoms with Crippen molar-refractivity contribution in [1.82, 2.24) is 0 Å². The second-order valence-electron chi connectivity index (χ2n) is 8.03. The standard InChI is InChI=1S/C25H38O3/c1-3-5-7-9-21-11-13-22(14-12-21)10-8-20-27-24-17-15-23(16-18-24)25(26)28-19-6-4-2/h8,10,15-18,21-22H,3-7,9,11-14,19-20H2,1-2H3. The Bertz CT molecular complexity index is 568. The number of hydrogen-bond acceptors (Lipinski definition) is 3. The molecule has 1 aliphatic carbocycles. The first-order chi connectivity index (χ1) is 13.7. The Labute approximate surface area is 171 Å². The van der Waals surface area contributed by atoms with E-state index >= 15 is 0 Å². The number of carbonyl (C=O) groups excluding carboxylic acids is 1. The van der Waals surface area contributed by atoms with Crippen LogP contribution in [0.3, 0.4) is 0 Å². The Hall–Kier alpha value is -1.77. The molecule has 0 aromatic heterocycles. The zero-order chi connectivity index (χ0) is 20.0. The lowest BCUT2D eigenvalue weighted by Crippen LogP contribution is -2.13. The lowest BCUT2D eigenvalue weighted by Gasteiger charge is -2.26. The highest BCUT2D eigenvalue weighted by molar-refractivity contribution is 5.89. The molecule has 3 nitrogen and oxygen atoms in total. The van der Waals surface area contributed by atoms with Gasteiger partial charge in [0.25, 0.3) is 0 Å². The van der Waals surface area contributed by atoms with Gasteiger partial charge in [0.1, 0.15) is 12.4 Å². The van der Waals surface area contributed by atoms with Gasteiger partial charge in [0.15, 0.2) is 0 Å². The highest BCUT2D eigenvalue weighted by Gasteiger charge is 2.18. The Balaban J connectivity index is 1.63. The Morgan fingerprint density at radius 2 is 1.71 bits per heavy atom. The maximum Gasteiger partial charge on any atom is 0.338 e. The van der Waals surface area contributed by atoms with E-state index in [1.54, 1.807) is 12.1 Å². The molecule has 0 spiro atoms. The van der Waals surface area contributed by atoms with Crippen LogP contribution in [0.5, 0.6) is 5.75 Å². The zero-order valence-electron chi connectivity index (χ0n) is 17.8. The Morgan fingerprint density at radius 3 is 2.39 bits per heavy atom. The molecule has 0 bridgehead atoms. The summed E-state index contributed by atoms with van der Waals surface area (Å²) in [6.07, 6.45) is 17.4. The highest BCUT2D eigenvalue weighted by Crippen LogP contribution is 2.32. The minimum Gasteiger partial charge on any atom is -0.490 e. The van der Waals surface area contributed by atoms with Crippen LogP contribution in [-0.2, 0) is 4.74 Å². The van der Waals surface area contributed by atoms with Gasteiger partial charge in [0, 0.05) is 0 Å². The van der Waals surface area contributed by atoms with E-state index < -0.39 is 0 Å². The average Bonchev–Trinajstić information content (AvgIpc) is 2.73. The molecule has 1 aliphatic rings. The molecule has 0 atom stereocenters. The fraction of sp³-hybridized carbons (Fsp3) is 0.640. The van der Waals surface area contributed by atoms with Crippen LogP contribution in [0.4, 0.5) is 0 Å². The molecule has 2 rings (SSSR count). The number of rotatable bonds is 12. The molecule has 0 unspecified atom stereocenters. The minimum atomic E-state index is -0.259. The monoisotopic (exact) mass is 386 g/mol. The van der Waals surface area contributed by atoms with Crippen molar-refractivity contribution in [2.24, 2.45) is 11.8 Å². The smallest absolute Gasteiger partial charge is 0.338 e. The minimum absolute atomic E-state index is 0.259. The van der Waals surface area contributed by atoms with Gasteiger partial charge >= 0.3 is 5.97 Å². The molecular weight excluding hydrogens is 348 g/mol. The molecule has 0 aliphatic heterocycles. The van der Waals surface area contributed by atoms with Crippen molar-refractivity contribution in [2.75, 3.05) is 13.2 Å². The van der Waals surface area contributed by atoms with E-state index in [-0.39, 0.29) is 5.97 Å². The largest absolute Gasteiger partial charge is 0.490 e. The number of allylic oxidation sites excluding steroid dienone is 1. The van der Waals surface area contributed by atoms with Crippen LogP contribution < -0.4 is 4.74 Å². The van der Waals surface area contributed by atoms with E-state index in [2.05, 4.69) is 26.0 Å². The van der Waals surface area contributed by atoms with Gasteiger partial charge in [-0.3, -0.25) is 0 Å². The van der Waals surface area contributed by atoms with E-state index in [0.29, 0.717) is 24.7 Å². The second-order valence-corrected chi connectivity index (χ2v) is 8.03. The van der Waals surface area contributed by atoms with Gasteiger partial charge < -0.3 is 9.47 Å². The topological polar surface area (TPSA) is 35.5 Å². The van der Waals surface area contributed by atoms with Gasteiger partial charge in [-0.15, -0.1) is 0 Å². The first kappa shape index (κ1) is 22.5. The van der Waals surface area contributed by atoms with E-state index in [4.69, 9.17) is 9.47 Å². The normalized spacial score (nSPS) is 19.6. The van der Waals surface area contributed by atoms with Crippen LogP contribution in [0.25, 0.3) is 0 Å². The van der Waals surface area contributed by atoms with E-state index in [1.165, 1.54) is 51.4 Å². The fourth-order valence-corrected chi connectivity index (χ4v) is 3.82. The number of esters is 1. The summed E-state index contributed by atoms with van der Waals surface area (Å²) >= 11 is 0. The number of hydrogen-bond donors (Lipinski definition) is 0. The molecule has 0 heterocycles. The molecule has 3 heteroatoms. The van der Waals surface area contributed by atoms with Crippen molar-refractivity contribution in [3.8, 4) is 5.75 Å². The van der Waals surface area contributed by atoms with Gasteiger partial charge in [-0.1, -0.05) is 58.1 Å². The first-order valence-electron chi connectivity index (χ1n) is 11.3. The summed E-state index contributed by atoms with van der Waals surface area (Å²) in [6.45, 7) is 5.42. The number of unbranched alkanes of at least 4 members (excludes halogenated alkanes) is 3. The first-order valence-corrected chi connectivity index (χ1v) is 11.3. The highest BCUT2D eigenvalue weighted by atomic mass is 16.5. The van der Waals surface area contributed by atoms with Crippen LogP contribution in [-0.4, -0.2) is 19.2 Å². The van der Waals surface area contributed by atoms with Crippen molar-refractivity contribution in [1.29, 1.82) is 0 Å². The molecule has 0 N–H and O–H groups in total. The van der Waals surface area contributed by atoms with Gasteiger partial charge in [-0.25, -0.2) is 4.79 Å². The summed E-state index contributed by atoms with van der Waals surface area (Å²) in [7, 11) is 0. The predicted octanol–water partition coefficient (Wildman–Crippen LogP) is 6.97. The van der Waals surface area contributed by atoms with E-state index in [0.717, 1.165) is 24.5 Å². The lowest BCUT2D eigenvalue weighted by molar-refractivity contribution is 0.0499. The summed E-state index contributed by atoms with van der Waals surface area (Å²) in [5, 5.41) is 0. The number of benzene rings is 1. The molecule has 28 heavy (non-hydrogen) atoms. The summed E-state index contributed by atoms with van der Waals surface area (Å²) in [5.74, 6) is 2.20. The summed E-state index contributed by atoms with van der Waals surface area (Å²) in [6, 6.07) is 7.22. The van der Waals surface area contributed by atoms with Crippen LogP contribution in [0, 0.1) is 11.8 Å². The average molecular weight is 387 g/mol. The zero-order valence-corrected chi connectivity index (χ0v) is 17.8. The molecule has 0 amide bonds. The summed E-state index contributed by atoms with van der Waals surface area (Å²) < 4.78 is 11.0. The Kier molecular flexibility index (Phi) is 10.8. The van der Waals surface area contributed by atoms with Gasteiger partial charge in [-0.05, 0) is 68.2 Å². The number of carbonyl (C=O) groups is 1. The molecule has 1 saturated carbocycles. The third-order valence-electron chi connectivity index (χ3n) is 5.68. The Morgan fingerprint density at radius 1 is 1.00 bits per heavy atom. The summed E-state index contributed by atoms with van der Waals surface area (Å²) in [4.78, 5) is 11.9. The third kappa shape index (κ3) is 8.50. The van der Waals surface area contributed by atoms with E-state index in [1.807, 2.05) is 12.1 Å². The SMILES string of the molecule is CCCCCC1CCC(C=CCOc2ccc(C(=O)OCCCC)cc2)CC1. The van der Waals surface area contributed by atoms with Crippen molar-refractivity contribution >= 4 is 5.97 Å². The number of ether oxygens (including phenoxy) is 2. The molecule has 0 radical (unpaired) electrons. The predicted molar refractivity (Wildman–Crippen MR) is 116 cm³/mol. The van der Waals surface area contributed by atoms with Gasteiger partial charge in [0.2, 0.25) is 0 Å². The van der Waals surface area contributed by atoms with Crippen LogP contribution in [0.15, 0.2) is 36.4 Å². The maximum atomic E-state index is 11.9. The maximum absolute atomic E-state index is 11.9. The van der Waals surface area contributed by atoms with Gasteiger partial charge in [-0.2, -0.15) is 0 Å². The van der Waals surface area contributed by atoms with Crippen LogP contribution in [0.2, 0.25) is 0 Å².